The minimum absolute atomic E-state index is 0.302. The van der Waals surface area contributed by atoms with Crippen LogP contribution in [0.25, 0.3) is 0 Å². The van der Waals surface area contributed by atoms with Gasteiger partial charge in [-0.3, -0.25) is 19.7 Å². The number of anilines is 1. The Balaban J connectivity index is 1.84. The molecule has 0 spiro atoms. The fourth-order valence-electron chi connectivity index (χ4n) is 4.66. The predicted molar refractivity (Wildman–Crippen MR) is 106 cm³/mol. The van der Waals surface area contributed by atoms with E-state index in [0.717, 1.165) is 9.78 Å². The van der Waals surface area contributed by atoms with Crippen LogP contribution in [0, 0.1) is 17.7 Å². The van der Waals surface area contributed by atoms with Gasteiger partial charge in [-0.25, -0.2) is 9.29 Å². The predicted octanol–water partition coefficient (Wildman–Crippen LogP) is 3.05. The molecule has 2 saturated heterocycles. The van der Waals surface area contributed by atoms with Gasteiger partial charge in [0, 0.05) is 4.88 Å². The lowest BCUT2D eigenvalue weighted by Gasteiger charge is -2.32. The lowest BCUT2D eigenvalue weighted by molar-refractivity contribution is -0.152. The number of thiophene rings is 1. The third-order valence-corrected chi connectivity index (χ3v) is 6.74. The van der Waals surface area contributed by atoms with Crippen LogP contribution in [0.3, 0.4) is 0 Å². The van der Waals surface area contributed by atoms with E-state index >= 15 is 0 Å². The zero-order valence-electron chi connectivity index (χ0n) is 16.1. The van der Waals surface area contributed by atoms with E-state index in [1.807, 2.05) is 24.4 Å². The van der Waals surface area contributed by atoms with Crippen molar-refractivity contribution in [1.82, 2.24) is 5.32 Å². The number of methoxy groups -OCH3 is 1. The standard InChI is InChI=1S/C21H21FN2O4S/c1-3-10-21(20(27)28-2)16-15(17(23-21)14-5-4-11-29-14)18(25)24(19(16)26)13-8-6-12(22)7-9-13/h4-9,11,15-17,23H,3,10H2,1-2H3/t15-,16+,17-,21+/m1/s1. The van der Waals surface area contributed by atoms with Crippen molar-refractivity contribution >= 4 is 34.8 Å². The van der Waals surface area contributed by atoms with Gasteiger partial charge in [-0.05, 0) is 42.1 Å². The number of rotatable bonds is 5. The second-order valence-corrected chi connectivity index (χ2v) is 8.32. The fourth-order valence-corrected chi connectivity index (χ4v) is 5.48. The second kappa shape index (κ2) is 7.35. The summed E-state index contributed by atoms with van der Waals surface area (Å²) in [5, 5.41) is 5.20. The van der Waals surface area contributed by atoms with Crippen LogP contribution in [-0.4, -0.2) is 30.4 Å². The van der Waals surface area contributed by atoms with Crippen LogP contribution in [0.4, 0.5) is 10.1 Å². The molecule has 2 fully saturated rings. The molecule has 2 aromatic rings. The summed E-state index contributed by atoms with van der Waals surface area (Å²) in [4.78, 5) is 41.8. The smallest absolute Gasteiger partial charge is 0.326 e. The Hall–Kier alpha value is -2.58. The first-order valence-electron chi connectivity index (χ1n) is 9.47. The molecule has 0 bridgehead atoms. The molecular formula is C21H21FN2O4S. The molecule has 6 nitrogen and oxygen atoms in total. The minimum atomic E-state index is -1.29. The molecule has 1 N–H and O–H groups in total. The number of halogens is 1. The number of nitrogens with one attached hydrogen (secondary N) is 1. The molecule has 0 unspecified atom stereocenters. The summed E-state index contributed by atoms with van der Waals surface area (Å²) in [7, 11) is 1.29. The van der Waals surface area contributed by atoms with E-state index in [1.165, 1.54) is 42.7 Å². The highest BCUT2D eigenvalue weighted by Gasteiger charge is 2.68. The van der Waals surface area contributed by atoms with Gasteiger partial charge in [0.2, 0.25) is 11.8 Å². The van der Waals surface area contributed by atoms with E-state index in [4.69, 9.17) is 4.74 Å². The van der Waals surface area contributed by atoms with E-state index < -0.39 is 41.1 Å². The second-order valence-electron chi connectivity index (χ2n) is 7.34. The van der Waals surface area contributed by atoms with Gasteiger partial charge in [0.15, 0.2) is 0 Å². The number of hydrogen-bond donors (Lipinski definition) is 1. The summed E-state index contributed by atoms with van der Waals surface area (Å²) in [6, 6.07) is 8.49. The highest BCUT2D eigenvalue weighted by atomic mass is 32.1. The number of fused-ring (bicyclic) bond motifs is 1. The van der Waals surface area contributed by atoms with Crippen molar-refractivity contribution in [1.29, 1.82) is 0 Å². The average molecular weight is 416 g/mol. The largest absolute Gasteiger partial charge is 0.468 e. The van der Waals surface area contributed by atoms with Gasteiger partial charge in [-0.15, -0.1) is 11.3 Å². The third kappa shape index (κ3) is 2.89. The summed E-state index contributed by atoms with van der Waals surface area (Å²) in [5.41, 5.74) is -0.986. The van der Waals surface area contributed by atoms with Crippen molar-refractivity contribution in [2.45, 2.75) is 31.3 Å². The first-order chi connectivity index (χ1) is 13.9. The van der Waals surface area contributed by atoms with Gasteiger partial charge in [0.1, 0.15) is 11.4 Å². The van der Waals surface area contributed by atoms with Crippen molar-refractivity contribution in [2.24, 2.45) is 11.8 Å². The van der Waals surface area contributed by atoms with Crippen LogP contribution in [0.15, 0.2) is 41.8 Å². The molecule has 2 amide bonds. The number of hydrogen-bond acceptors (Lipinski definition) is 6. The lowest BCUT2D eigenvalue weighted by atomic mass is 9.77. The first-order valence-corrected chi connectivity index (χ1v) is 10.4. The molecule has 3 heterocycles. The van der Waals surface area contributed by atoms with Crippen molar-refractivity contribution in [3.63, 3.8) is 0 Å². The van der Waals surface area contributed by atoms with Gasteiger partial charge >= 0.3 is 5.97 Å². The van der Waals surface area contributed by atoms with Gasteiger partial charge in [-0.1, -0.05) is 19.4 Å². The van der Waals surface area contributed by atoms with Crippen LogP contribution in [0.5, 0.6) is 0 Å². The molecule has 8 heteroatoms. The Labute approximate surface area is 171 Å². The molecule has 2 aliphatic heterocycles. The number of imide groups is 1. The number of amides is 2. The fraction of sp³-hybridized carbons (Fsp3) is 0.381. The van der Waals surface area contributed by atoms with Gasteiger partial charge in [-0.2, -0.15) is 0 Å². The monoisotopic (exact) mass is 416 g/mol. The minimum Gasteiger partial charge on any atom is -0.468 e. The maximum Gasteiger partial charge on any atom is 0.326 e. The maximum atomic E-state index is 13.5. The lowest BCUT2D eigenvalue weighted by Crippen LogP contribution is -2.56. The molecule has 152 valence electrons. The van der Waals surface area contributed by atoms with E-state index in [2.05, 4.69) is 5.32 Å². The van der Waals surface area contributed by atoms with Gasteiger partial charge in [0.05, 0.1) is 30.7 Å². The van der Waals surface area contributed by atoms with E-state index in [-0.39, 0.29) is 5.91 Å². The first kappa shape index (κ1) is 19.7. The van der Waals surface area contributed by atoms with Crippen molar-refractivity contribution in [2.75, 3.05) is 12.0 Å². The number of esters is 1. The van der Waals surface area contributed by atoms with Crippen LogP contribution in [0.1, 0.15) is 30.7 Å². The van der Waals surface area contributed by atoms with Crippen molar-refractivity contribution < 1.29 is 23.5 Å². The molecule has 4 atom stereocenters. The Bertz CT molecular complexity index is 946. The molecule has 0 saturated carbocycles. The van der Waals surface area contributed by atoms with Gasteiger partial charge < -0.3 is 4.74 Å². The molecular weight excluding hydrogens is 395 g/mol. The van der Waals surface area contributed by atoms with E-state index in [9.17, 15) is 18.8 Å². The molecule has 1 aromatic carbocycles. The summed E-state index contributed by atoms with van der Waals surface area (Å²) < 4.78 is 18.4. The zero-order valence-corrected chi connectivity index (χ0v) is 16.9. The highest BCUT2D eigenvalue weighted by Crippen LogP contribution is 2.52. The number of carbonyl (C=O) groups excluding carboxylic acids is 3. The van der Waals surface area contributed by atoms with Crippen LogP contribution in [-0.2, 0) is 19.1 Å². The van der Waals surface area contributed by atoms with Crippen molar-refractivity contribution in [3.05, 3.63) is 52.5 Å². The normalized spacial score (nSPS) is 28.7. The quantitative estimate of drug-likeness (QED) is 0.599. The van der Waals surface area contributed by atoms with Crippen molar-refractivity contribution in [3.8, 4) is 0 Å². The molecule has 0 aliphatic carbocycles. The Morgan fingerprint density at radius 1 is 1.24 bits per heavy atom. The molecule has 4 rings (SSSR count). The zero-order chi connectivity index (χ0) is 20.8. The Morgan fingerprint density at radius 2 is 1.97 bits per heavy atom. The Morgan fingerprint density at radius 3 is 2.55 bits per heavy atom. The number of benzene rings is 1. The summed E-state index contributed by atoms with van der Waals surface area (Å²) in [6.45, 7) is 1.92. The van der Waals surface area contributed by atoms with E-state index in [1.54, 1.807) is 0 Å². The molecule has 0 radical (unpaired) electrons. The summed E-state index contributed by atoms with van der Waals surface area (Å²) in [5.74, 6) is -3.48. The summed E-state index contributed by atoms with van der Waals surface area (Å²) >= 11 is 1.46. The highest BCUT2D eigenvalue weighted by molar-refractivity contribution is 7.10. The SMILES string of the molecule is CCC[C@]1(C(=O)OC)N[C@H](c2cccs2)[C@@H]2C(=O)N(c3ccc(F)cc3)C(=O)[C@H]21. The molecule has 1 aromatic heterocycles. The van der Waals surface area contributed by atoms with Gasteiger partial charge in [0.25, 0.3) is 0 Å². The average Bonchev–Trinajstić information content (AvgIpc) is 3.41. The number of ether oxygens (including phenoxy) is 1. The number of carbonyl (C=O) groups is 3. The molecule has 2 aliphatic rings. The van der Waals surface area contributed by atoms with Crippen LogP contribution < -0.4 is 10.2 Å². The topological polar surface area (TPSA) is 75.7 Å². The third-order valence-electron chi connectivity index (χ3n) is 5.78. The van der Waals surface area contributed by atoms with Crippen LogP contribution >= 0.6 is 11.3 Å². The van der Waals surface area contributed by atoms with Crippen LogP contribution in [0.2, 0.25) is 0 Å². The Kier molecular flexibility index (Phi) is 5.00. The molecule has 29 heavy (non-hydrogen) atoms. The summed E-state index contributed by atoms with van der Waals surface area (Å²) in [6.07, 6.45) is 0.986. The maximum absolute atomic E-state index is 13.5. The van der Waals surface area contributed by atoms with E-state index in [0.29, 0.717) is 18.5 Å². The number of nitrogens with zero attached hydrogens (tertiary/aromatic N) is 1.